The van der Waals surface area contributed by atoms with Crippen LogP contribution in [0, 0.1) is 13.8 Å². The maximum atomic E-state index is 12.5. The molecule has 1 aliphatic rings. The van der Waals surface area contributed by atoms with Crippen LogP contribution in [0.4, 0.5) is 0 Å². The van der Waals surface area contributed by atoms with Crippen molar-refractivity contribution < 1.29 is 19.1 Å². The van der Waals surface area contributed by atoms with E-state index in [9.17, 15) is 14.7 Å². The Morgan fingerprint density at radius 3 is 2.62 bits per heavy atom. The van der Waals surface area contributed by atoms with E-state index in [2.05, 4.69) is 0 Å². The summed E-state index contributed by atoms with van der Waals surface area (Å²) in [6.07, 6.45) is 3.66. The molecule has 0 spiro atoms. The Labute approximate surface area is 153 Å². The third-order valence-corrected chi connectivity index (χ3v) is 4.91. The number of benzene rings is 1. The molecule has 3 rings (SSSR count). The van der Waals surface area contributed by atoms with Crippen LogP contribution in [0.5, 0.6) is 0 Å². The summed E-state index contributed by atoms with van der Waals surface area (Å²) in [6.45, 7) is 6.18. The monoisotopic (exact) mass is 356 g/mol. The van der Waals surface area contributed by atoms with Crippen LogP contribution in [0.25, 0.3) is 0 Å². The van der Waals surface area contributed by atoms with Crippen molar-refractivity contribution >= 4 is 11.9 Å². The highest BCUT2D eigenvalue weighted by Crippen LogP contribution is 2.27. The van der Waals surface area contributed by atoms with E-state index in [1.165, 1.54) is 12.5 Å². The number of hydrogen-bond donors (Lipinski definition) is 1. The van der Waals surface area contributed by atoms with Crippen LogP contribution in [0.15, 0.2) is 41.2 Å². The number of hydrogen-bond acceptors (Lipinski definition) is 4. The molecule has 1 unspecified atom stereocenters. The average molecular weight is 356 g/mol. The molecular weight excluding hydrogens is 332 g/mol. The highest BCUT2D eigenvalue weighted by molar-refractivity contribution is 5.93. The molecule has 138 valence electrons. The maximum absolute atomic E-state index is 12.5. The van der Waals surface area contributed by atoms with Gasteiger partial charge >= 0.3 is 5.97 Å². The van der Waals surface area contributed by atoms with E-state index in [0.717, 1.165) is 23.1 Å². The summed E-state index contributed by atoms with van der Waals surface area (Å²) in [5, 5.41) is 9.88. The van der Waals surface area contributed by atoms with Gasteiger partial charge in [-0.15, -0.1) is 0 Å². The summed E-state index contributed by atoms with van der Waals surface area (Å²) in [5.74, 6) is -0.924. The predicted octanol–water partition coefficient (Wildman–Crippen LogP) is 2.87. The van der Waals surface area contributed by atoms with Crippen LogP contribution in [0.3, 0.4) is 0 Å². The fourth-order valence-electron chi connectivity index (χ4n) is 3.51. The second-order valence-corrected chi connectivity index (χ2v) is 6.79. The van der Waals surface area contributed by atoms with Gasteiger partial charge in [-0.05, 0) is 37.5 Å². The lowest BCUT2D eigenvalue weighted by Gasteiger charge is -2.29. The Morgan fingerprint density at radius 1 is 1.12 bits per heavy atom. The van der Waals surface area contributed by atoms with Crippen molar-refractivity contribution in [1.82, 2.24) is 9.80 Å². The summed E-state index contributed by atoms with van der Waals surface area (Å²) < 4.78 is 5.00. The van der Waals surface area contributed by atoms with Crippen LogP contribution < -0.4 is 0 Å². The summed E-state index contributed by atoms with van der Waals surface area (Å²) in [6, 6.07) is 6.87. The molecule has 6 heteroatoms. The van der Waals surface area contributed by atoms with Crippen molar-refractivity contribution in [3.63, 3.8) is 0 Å². The Balaban J connectivity index is 1.78. The number of carboxylic acid groups (broad SMARTS) is 1. The number of carboxylic acids is 1. The first kappa shape index (κ1) is 18.2. The quantitative estimate of drug-likeness (QED) is 0.912. The van der Waals surface area contributed by atoms with E-state index in [1.807, 2.05) is 36.9 Å². The number of aliphatic carboxylic acids is 1. The molecule has 1 aromatic carbocycles. The molecule has 0 radical (unpaired) electrons. The van der Waals surface area contributed by atoms with Gasteiger partial charge in [-0.3, -0.25) is 14.5 Å². The van der Waals surface area contributed by atoms with Crippen molar-refractivity contribution in [2.45, 2.75) is 26.3 Å². The Kier molecular flexibility index (Phi) is 5.42. The lowest BCUT2D eigenvalue weighted by molar-refractivity contribution is -0.143. The van der Waals surface area contributed by atoms with E-state index in [-0.39, 0.29) is 5.91 Å². The van der Waals surface area contributed by atoms with E-state index in [0.29, 0.717) is 31.7 Å². The highest BCUT2D eigenvalue weighted by atomic mass is 16.4. The molecule has 1 aliphatic heterocycles. The summed E-state index contributed by atoms with van der Waals surface area (Å²) in [4.78, 5) is 28.3. The molecule has 1 fully saturated rings. The molecule has 0 saturated carbocycles. The average Bonchev–Trinajstić information content (AvgIpc) is 3.04. The van der Waals surface area contributed by atoms with Crippen molar-refractivity contribution in [3.05, 3.63) is 59.0 Å². The third-order valence-electron chi connectivity index (χ3n) is 4.91. The number of furan rings is 1. The number of carbonyl (C=O) groups is 2. The van der Waals surface area contributed by atoms with Crippen LogP contribution >= 0.6 is 0 Å². The van der Waals surface area contributed by atoms with Gasteiger partial charge in [-0.1, -0.05) is 23.8 Å². The van der Waals surface area contributed by atoms with E-state index < -0.39 is 12.0 Å². The number of rotatable bonds is 4. The fourth-order valence-corrected chi connectivity index (χ4v) is 3.51. The molecule has 1 amide bonds. The van der Waals surface area contributed by atoms with Gasteiger partial charge in [0.15, 0.2) is 0 Å². The minimum absolute atomic E-state index is 0.0702. The molecule has 1 aromatic heterocycles. The Morgan fingerprint density at radius 2 is 1.92 bits per heavy atom. The number of aryl methyl sites for hydroxylation is 2. The van der Waals surface area contributed by atoms with Gasteiger partial charge in [0.05, 0.1) is 11.8 Å². The largest absolute Gasteiger partial charge is 0.480 e. The molecule has 0 aliphatic carbocycles. The van der Waals surface area contributed by atoms with E-state index in [1.54, 1.807) is 11.0 Å². The van der Waals surface area contributed by atoms with Gasteiger partial charge in [0.25, 0.3) is 5.91 Å². The molecular formula is C20H24N2O4. The van der Waals surface area contributed by atoms with Gasteiger partial charge in [0.2, 0.25) is 0 Å². The standard InChI is InChI=1S/C20H24N2O4/c1-14-4-5-15(2)17(12-14)18(20(24)25)21-7-3-8-22(10-9-21)19(23)16-6-11-26-13-16/h4-6,11-13,18H,3,7-10H2,1-2H3,(H,24,25). The molecule has 2 heterocycles. The molecule has 6 nitrogen and oxygen atoms in total. The zero-order valence-electron chi connectivity index (χ0n) is 15.1. The third kappa shape index (κ3) is 3.80. The van der Waals surface area contributed by atoms with Gasteiger partial charge < -0.3 is 14.4 Å². The van der Waals surface area contributed by atoms with Crippen LogP contribution in [-0.2, 0) is 4.79 Å². The van der Waals surface area contributed by atoms with Gasteiger partial charge in [0.1, 0.15) is 12.3 Å². The second kappa shape index (κ2) is 7.74. The number of nitrogens with zero attached hydrogens (tertiary/aromatic N) is 2. The lowest BCUT2D eigenvalue weighted by Crippen LogP contribution is -2.39. The molecule has 1 atom stereocenters. The van der Waals surface area contributed by atoms with Crippen molar-refractivity contribution in [3.8, 4) is 0 Å². The Hall–Kier alpha value is -2.60. The lowest BCUT2D eigenvalue weighted by atomic mass is 9.97. The topological polar surface area (TPSA) is 74.0 Å². The summed E-state index contributed by atoms with van der Waals surface area (Å²) in [5.41, 5.74) is 3.37. The molecule has 2 aromatic rings. The number of amides is 1. The molecule has 0 bridgehead atoms. The van der Waals surface area contributed by atoms with Crippen LogP contribution in [0.1, 0.15) is 39.5 Å². The van der Waals surface area contributed by atoms with Crippen LogP contribution in [0.2, 0.25) is 0 Å². The first-order chi connectivity index (χ1) is 12.5. The first-order valence-electron chi connectivity index (χ1n) is 8.83. The second-order valence-electron chi connectivity index (χ2n) is 6.79. The SMILES string of the molecule is Cc1ccc(C)c(C(C(=O)O)N2CCCN(C(=O)c3ccoc3)CC2)c1. The summed E-state index contributed by atoms with van der Waals surface area (Å²) >= 11 is 0. The Bertz CT molecular complexity index is 785. The van der Waals surface area contributed by atoms with Gasteiger partial charge in [-0.25, -0.2) is 0 Å². The molecule has 1 N–H and O–H groups in total. The zero-order valence-corrected chi connectivity index (χ0v) is 15.1. The molecule has 26 heavy (non-hydrogen) atoms. The summed E-state index contributed by atoms with van der Waals surface area (Å²) in [7, 11) is 0. The van der Waals surface area contributed by atoms with Crippen LogP contribution in [-0.4, -0.2) is 53.0 Å². The zero-order chi connectivity index (χ0) is 18.7. The smallest absolute Gasteiger partial charge is 0.325 e. The van der Waals surface area contributed by atoms with Gasteiger partial charge in [0, 0.05) is 26.2 Å². The fraction of sp³-hybridized carbons (Fsp3) is 0.400. The number of carbonyl (C=O) groups excluding carboxylic acids is 1. The highest BCUT2D eigenvalue weighted by Gasteiger charge is 2.31. The first-order valence-corrected chi connectivity index (χ1v) is 8.83. The minimum atomic E-state index is -0.853. The minimum Gasteiger partial charge on any atom is -0.480 e. The van der Waals surface area contributed by atoms with E-state index in [4.69, 9.17) is 4.42 Å². The van der Waals surface area contributed by atoms with Crippen molar-refractivity contribution in [2.75, 3.05) is 26.2 Å². The van der Waals surface area contributed by atoms with Gasteiger partial charge in [-0.2, -0.15) is 0 Å². The van der Waals surface area contributed by atoms with E-state index >= 15 is 0 Å². The van der Waals surface area contributed by atoms with Crippen molar-refractivity contribution in [2.24, 2.45) is 0 Å². The van der Waals surface area contributed by atoms with Crippen molar-refractivity contribution in [1.29, 1.82) is 0 Å². The predicted molar refractivity (Wildman–Crippen MR) is 97.1 cm³/mol. The molecule has 1 saturated heterocycles. The normalized spacial score (nSPS) is 16.9. The maximum Gasteiger partial charge on any atom is 0.325 e.